The molecule has 0 saturated carbocycles. The van der Waals surface area contributed by atoms with Gasteiger partial charge in [0.2, 0.25) is 18.1 Å². The molecule has 1 aromatic heterocycles. The molecule has 18 heavy (non-hydrogen) atoms. The highest BCUT2D eigenvalue weighted by Crippen LogP contribution is 2.27. The number of nitrogens with zero attached hydrogens (tertiary/aromatic N) is 4. The van der Waals surface area contributed by atoms with E-state index in [1.54, 1.807) is 11.9 Å². The molecule has 0 spiro atoms. The summed E-state index contributed by atoms with van der Waals surface area (Å²) in [6.45, 7) is 1.47. The number of carbonyl (C=O) groups is 1. The molecular weight excluding hydrogens is 240 g/mol. The van der Waals surface area contributed by atoms with Gasteiger partial charge in [-0.3, -0.25) is 9.36 Å². The van der Waals surface area contributed by atoms with E-state index in [1.165, 1.54) is 10.9 Å². The van der Waals surface area contributed by atoms with Gasteiger partial charge in [0.1, 0.15) is 6.04 Å². The SMILES string of the molecule is Cn1cnc([N+](=O)[O-])c1N1CCNCC1C(N)=O. The lowest BCUT2D eigenvalue weighted by molar-refractivity contribution is -0.388. The summed E-state index contributed by atoms with van der Waals surface area (Å²) in [4.78, 5) is 27.1. The summed E-state index contributed by atoms with van der Waals surface area (Å²) in [5.41, 5.74) is 5.32. The lowest BCUT2D eigenvalue weighted by Gasteiger charge is -2.34. The van der Waals surface area contributed by atoms with Gasteiger partial charge in [-0.1, -0.05) is 0 Å². The van der Waals surface area contributed by atoms with Crippen LogP contribution in [0.15, 0.2) is 6.33 Å². The number of rotatable bonds is 3. The minimum Gasteiger partial charge on any atom is -0.368 e. The summed E-state index contributed by atoms with van der Waals surface area (Å²) in [5, 5.41) is 14.0. The topological polar surface area (TPSA) is 119 Å². The zero-order chi connectivity index (χ0) is 13.3. The number of carbonyl (C=O) groups excluding carboxylic acids is 1. The molecule has 1 aliphatic heterocycles. The van der Waals surface area contributed by atoms with Crippen LogP contribution >= 0.6 is 0 Å². The molecule has 0 radical (unpaired) electrons. The van der Waals surface area contributed by atoms with Gasteiger partial charge in [0.15, 0.2) is 0 Å². The molecule has 1 fully saturated rings. The molecule has 9 nitrogen and oxygen atoms in total. The Kier molecular flexibility index (Phi) is 3.15. The summed E-state index contributed by atoms with van der Waals surface area (Å²) in [6, 6.07) is -0.604. The maximum Gasteiger partial charge on any atom is 0.406 e. The second kappa shape index (κ2) is 4.61. The van der Waals surface area contributed by atoms with Crippen molar-refractivity contribution < 1.29 is 9.72 Å². The van der Waals surface area contributed by atoms with E-state index in [0.29, 0.717) is 25.5 Å². The monoisotopic (exact) mass is 254 g/mol. The maximum absolute atomic E-state index is 11.4. The van der Waals surface area contributed by atoms with Crippen molar-refractivity contribution in [3.05, 3.63) is 16.4 Å². The Morgan fingerprint density at radius 3 is 3.06 bits per heavy atom. The van der Waals surface area contributed by atoms with E-state index in [1.807, 2.05) is 0 Å². The third-order valence-electron chi connectivity index (χ3n) is 2.90. The molecule has 1 aliphatic rings. The number of imidazole rings is 1. The quantitative estimate of drug-likeness (QED) is 0.505. The van der Waals surface area contributed by atoms with E-state index < -0.39 is 16.9 Å². The lowest BCUT2D eigenvalue weighted by atomic mass is 10.2. The van der Waals surface area contributed by atoms with Gasteiger partial charge in [0, 0.05) is 26.7 Å². The number of nitrogens with one attached hydrogen (secondary N) is 1. The third-order valence-corrected chi connectivity index (χ3v) is 2.90. The summed E-state index contributed by atoms with van der Waals surface area (Å²) >= 11 is 0. The molecule has 3 N–H and O–H groups in total. The van der Waals surface area contributed by atoms with Crippen LogP contribution < -0.4 is 16.0 Å². The number of nitrogens with two attached hydrogens (primary N) is 1. The second-order valence-corrected chi connectivity index (χ2v) is 4.08. The standard InChI is InChI=1S/C9H14N6O3/c1-13-5-12-8(15(17)18)9(13)14-3-2-11-4-6(14)7(10)16/h5-6,11H,2-4H2,1H3,(H2,10,16). The van der Waals surface area contributed by atoms with Gasteiger partial charge in [-0.25, -0.2) is 0 Å². The van der Waals surface area contributed by atoms with Gasteiger partial charge in [-0.2, -0.15) is 0 Å². The zero-order valence-electron chi connectivity index (χ0n) is 9.87. The van der Waals surface area contributed by atoms with Crippen LogP contribution in [0, 0.1) is 10.1 Å². The average Bonchev–Trinajstić information content (AvgIpc) is 2.71. The first-order valence-electron chi connectivity index (χ1n) is 5.44. The Morgan fingerprint density at radius 2 is 2.44 bits per heavy atom. The van der Waals surface area contributed by atoms with Crippen molar-refractivity contribution in [2.75, 3.05) is 24.5 Å². The Labute approximate surface area is 103 Å². The van der Waals surface area contributed by atoms with Crippen molar-refractivity contribution in [2.24, 2.45) is 12.8 Å². The van der Waals surface area contributed by atoms with Gasteiger partial charge in [0.25, 0.3) is 0 Å². The normalized spacial score (nSPS) is 19.8. The molecule has 1 unspecified atom stereocenters. The molecule has 0 bridgehead atoms. The zero-order valence-corrected chi connectivity index (χ0v) is 9.87. The number of aromatic nitrogens is 2. The fourth-order valence-corrected chi connectivity index (χ4v) is 2.08. The molecule has 1 atom stereocenters. The molecule has 0 aromatic carbocycles. The fourth-order valence-electron chi connectivity index (χ4n) is 2.08. The molecule has 1 aromatic rings. The smallest absolute Gasteiger partial charge is 0.368 e. The molecule has 2 heterocycles. The Hall–Kier alpha value is -2.16. The van der Waals surface area contributed by atoms with Gasteiger partial charge < -0.3 is 26.1 Å². The highest BCUT2D eigenvalue weighted by Gasteiger charge is 2.34. The van der Waals surface area contributed by atoms with Gasteiger partial charge in [-0.15, -0.1) is 0 Å². The van der Waals surface area contributed by atoms with Crippen molar-refractivity contribution in [2.45, 2.75) is 6.04 Å². The summed E-state index contributed by atoms with van der Waals surface area (Å²) in [6.07, 6.45) is 1.35. The molecule has 98 valence electrons. The van der Waals surface area contributed by atoms with Crippen molar-refractivity contribution in [1.82, 2.24) is 14.9 Å². The predicted molar refractivity (Wildman–Crippen MR) is 63.1 cm³/mol. The number of anilines is 1. The van der Waals surface area contributed by atoms with E-state index in [4.69, 9.17) is 5.73 Å². The molecular formula is C9H14N6O3. The van der Waals surface area contributed by atoms with E-state index in [2.05, 4.69) is 10.3 Å². The number of amides is 1. The molecule has 0 aliphatic carbocycles. The van der Waals surface area contributed by atoms with Gasteiger partial charge >= 0.3 is 5.82 Å². The summed E-state index contributed by atoms with van der Waals surface area (Å²) < 4.78 is 1.53. The lowest BCUT2D eigenvalue weighted by Crippen LogP contribution is -2.57. The number of aryl methyl sites for hydroxylation is 1. The van der Waals surface area contributed by atoms with Crippen molar-refractivity contribution in [3.8, 4) is 0 Å². The highest BCUT2D eigenvalue weighted by atomic mass is 16.6. The number of piperazine rings is 1. The van der Waals surface area contributed by atoms with Crippen LogP contribution in [0.5, 0.6) is 0 Å². The van der Waals surface area contributed by atoms with Crippen LogP contribution in [0.2, 0.25) is 0 Å². The number of hydrogen-bond acceptors (Lipinski definition) is 6. The van der Waals surface area contributed by atoms with E-state index in [-0.39, 0.29) is 5.82 Å². The van der Waals surface area contributed by atoms with E-state index in [9.17, 15) is 14.9 Å². The van der Waals surface area contributed by atoms with Crippen molar-refractivity contribution in [1.29, 1.82) is 0 Å². The van der Waals surface area contributed by atoms with Crippen molar-refractivity contribution in [3.63, 3.8) is 0 Å². The Morgan fingerprint density at radius 1 is 1.72 bits per heavy atom. The third kappa shape index (κ3) is 1.99. The number of hydrogen-bond donors (Lipinski definition) is 2. The molecule has 2 rings (SSSR count). The molecule has 1 amide bonds. The first-order valence-corrected chi connectivity index (χ1v) is 5.44. The minimum absolute atomic E-state index is 0.259. The average molecular weight is 254 g/mol. The number of primary amides is 1. The number of nitro groups is 1. The van der Waals surface area contributed by atoms with E-state index >= 15 is 0 Å². The van der Waals surface area contributed by atoms with Crippen LogP contribution in [0.1, 0.15) is 0 Å². The largest absolute Gasteiger partial charge is 0.406 e. The molecule has 9 heteroatoms. The van der Waals surface area contributed by atoms with Crippen LogP contribution in [-0.2, 0) is 11.8 Å². The Bertz CT molecular complexity index is 485. The first-order chi connectivity index (χ1) is 8.52. The van der Waals surface area contributed by atoms with Crippen molar-refractivity contribution >= 4 is 17.5 Å². The van der Waals surface area contributed by atoms with Crippen LogP contribution in [0.3, 0.4) is 0 Å². The summed E-state index contributed by atoms with van der Waals surface area (Å²) in [7, 11) is 1.65. The first kappa shape index (κ1) is 12.3. The maximum atomic E-state index is 11.4. The van der Waals surface area contributed by atoms with Crippen LogP contribution in [0.25, 0.3) is 0 Å². The van der Waals surface area contributed by atoms with Gasteiger partial charge in [0.05, 0.1) is 0 Å². The highest BCUT2D eigenvalue weighted by molar-refractivity contribution is 5.84. The fraction of sp³-hybridized carbons (Fsp3) is 0.556. The minimum atomic E-state index is -0.604. The van der Waals surface area contributed by atoms with Crippen LogP contribution in [0.4, 0.5) is 11.6 Å². The Balaban J connectivity index is 2.42. The van der Waals surface area contributed by atoms with E-state index in [0.717, 1.165) is 0 Å². The molecule has 1 saturated heterocycles. The predicted octanol–water partition coefficient (Wildman–Crippen LogP) is -1.41. The van der Waals surface area contributed by atoms with Gasteiger partial charge in [-0.05, 0) is 9.91 Å². The summed E-state index contributed by atoms with van der Waals surface area (Å²) in [5.74, 6) is -0.464. The van der Waals surface area contributed by atoms with Crippen LogP contribution in [-0.4, -0.2) is 46.1 Å². The second-order valence-electron chi connectivity index (χ2n) is 4.08.